The number of nitrogens with one attached hydrogen (secondary N) is 1. The lowest BCUT2D eigenvalue weighted by Crippen LogP contribution is -2.30. The molecule has 13 heavy (non-hydrogen) atoms. The van der Waals surface area contributed by atoms with E-state index < -0.39 is 0 Å². The lowest BCUT2D eigenvalue weighted by molar-refractivity contribution is 0.189. The Labute approximate surface area is 81.1 Å². The van der Waals surface area contributed by atoms with Crippen molar-refractivity contribution in [2.24, 2.45) is 5.92 Å². The Hall–Kier alpha value is -0.120. The summed E-state index contributed by atoms with van der Waals surface area (Å²) >= 11 is 0. The second-order valence-corrected chi connectivity index (χ2v) is 4.06. The van der Waals surface area contributed by atoms with E-state index in [1.165, 1.54) is 26.1 Å². The van der Waals surface area contributed by atoms with Crippen molar-refractivity contribution in [3.8, 4) is 0 Å². The van der Waals surface area contributed by atoms with Crippen LogP contribution >= 0.6 is 0 Å². The molecule has 1 rings (SSSR count). The number of nitrogens with zero attached hydrogens (tertiary/aromatic N) is 1. The molecular weight excluding hydrogens is 164 g/mol. The molecule has 1 saturated heterocycles. The molecule has 1 aliphatic heterocycles. The Balaban J connectivity index is 2.03. The van der Waals surface area contributed by atoms with Crippen molar-refractivity contribution in [1.29, 1.82) is 0 Å². The quantitative estimate of drug-likeness (QED) is 0.648. The minimum absolute atomic E-state index is 0.219. The van der Waals surface area contributed by atoms with Gasteiger partial charge < -0.3 is 15.3 Å². The summed E-state index contributed by atoms with van der Waals surface area (Å²) in [6, 6.07) is 0. The van der Waals surface area contributed by atoms with Crippen LogP contribution in [-0.4, -0.2) is 48.8 Å². The van der Waals surface area contributed by atoms with Gasteiger partial charge in [-0.2, -0.15) is 0 Å². The predicted molar refractivity (Wildman–Crippen MR) is 54.8 cm³/mol. The van der Waals surface area contributed by atoms with Crippen LogP contribution in [0.4, 0.5) is 0 Å². The summed E-state index contributed by atoms with van der Waals surface area (Å²) in [6.45, 7) is 9.46. The van der Waals surface area contributed by atoms with E-state index in [-0.39, 0.29) is 6.10 Å². The van der Waals surface area contributed by atoms with Gasteiger partial charge in [0.1, 0.15) is 0 Å². The first kappa shape index (κ1) is 11.0. The smallest absolute Gasteiger partial charge is 0.0636 e. The Morgan fingerprint density at radius 3 is 2.92 bits per heavy atom. The average Bonchev–Trinajstić information content (AvgIpc) is 2.52. The number of rotatable bonds is 5. The Morgan fingerprint density at radius 2 is 2.38 bits per heavy atom. The van der Waals surface area contributed by atoms with Gasteiger partial charge in [0.25, 0.3) is 0 Å². The molecule has 78 valence electrons. The minimum Gasteiger partial charge on any atom is -0.392 e. The van der Waals surface area contributed by atoms with E-state index in [0.717, 1.165) is 19.0 Å². The molecule has 0 bridgehead atoms. The van der Waals surface area contributed by atoms with E-state index in [4.69, 9.17) is 5.11 Å². The van der Waals surface area contributed by atoms with E-state index in [1.807, 2.05) is 6.92 Å². The number of hydrogen-bond acceptors (Lipinski definition) is 3. The van der Waals surface area contributed by atoms with Crippen molar-refractivity contribution in [3.05, 3.63) is 0 Å². The molecule has 0 aliphatic carbocycles. The van der Waals surface area contributed by atoms with Crippen molar-refractivity contribution >= 4 is 0 Å². The third-order valence-corrected chi connectivity index (χ3v) is 2.69. The summed E-state index contributed by atoms with van der Waals surface area (Å²) in [5, 5.41) is 12.3. The molecule has 1 heterocycles. The van der Waals surface area contributed by atoms with Crippen molar-refractivity contribution in [1.82, 2.24) is 10.2 Å². The Bertz CT molecular complexity index is 139. The van der Waals surface area contributed by atoms with Gasteiger partial charge in [0.05, 0.1) is 6.10 Å². The van der Waals surface area contributed by atoms with Gasteiger partial charge in [-0.3, -0.25) is 0 Å². The number of hydrogen-bond donors (Lipinski definition) is 2. The Kier molecular flexibility index (Phi) is 4.70. The fourth-order valence-corrected chi connectivity index (χ4v) is 1.86. The van der Waals surface area contributed by atoms with E-state index in [1.54, 1.807) is 0 Å². The predicted octanol–water partition coefficient (Wildman–Crippen LogP) is 0.299. The van der Waals surface area contributed by atoms with Crippen LogP contribution in [0.15, 0.2) is 0 Å². The standard InChI is InChI=1S/C10H22N2O/c1-3-12-5-4-10(8-12)7-11-6-9(2)13/h9-11,13H,3-8H2,1-2H3/t9-,10?/m0/s1. The normalized spacial score (nSPS) is 26.5. The van der Waals surface area contributed by atoms with Gasteiger partial charge in [-0.25, -0.2) is 0 Å². The summed E-state index contributed by atoms with van der Waals surface area (Å²) < 4.78 is 0. The molecule has 3 nitrogen and oxygen atoms in total. The fourth-order valence-electron chi connectivity index (χ4n) is 1.86. The van der Waals surface area contributed by atoms with Gasteiger partial charge in [0, 0.05) is 13.1 Å². The lowest BCUT2D eigenvalue weighted by Gasteiger charge is -2.14. The van der Waals surface area contributed by atoms with Gasteiger partial charge >= 0.3 is 0 Å². The molecule has 0 amide bonds. The van der Waals surface area contributed by atoms with E-state index in [0.29, 0.717) is 0 Å². The molecule has 3 heteroatoms. The van der Waals surface area contributed by atoms with Crippen LogP contribution < -0.4 is 5.32 Å². The maximum absolute atomic E-state index is 9.05. The molecule has 0 aromatic rings. The highest BCUT2D eigenvalue weighted by Gasteiger charge is 2.20. The lowest BCUT2D eigenvalue weighted by atomic mass is 10.1. The third-order valence-electron chi connectivity index (χ3n) is 2.69. The summed E-state index contributed by atoms with van der Waals surface area (Å²) in [4.78, 5) is 2.48. The molecule has 0 radical (unpaired) electrons. The van der Waals surface area contributed by atoms with Crippen LogP contribution in [-0.2, 0) is 0 Å². The fraction of sp³-hybridized carbons (Fsp3) is 1.00. The molecule has 2 N–H and O–H groups in total. The number of likely N-dealkylation sites (tertiary alicyclic amines) is 1. The van der Waals surface area contributed by atoms with E-state index in [9.17, 15) is 0 Å². The third kappa shape index (κ3) is 4.07. The molecule has 0 spiro atoms. The molecule has 1 unspecified atom stereocenters. The van der Waals surface area contributed by atoms with Gasteiger partial charge in [-0.15, -0.1) is 0 Å². The van der Waals surface area contributed by atoms with Gasteiger partial charge in [0.15, 0.2) is 0 Å². The van der Waals surface area contributed by atoms with Gasteiger partial charge in [-0.1, -0.05) is 6.92 Å². The van der Waals surface area contributed by atoms with Crippen molar-refractivity contribution in [2.75, 3.05) is 32.7 Å². The van der Waals surface area contributed by atoms with Gasteiger partial charge in [-0.05, 0) is 38.9 Å². The molecular formula is C10H22N2O. The second kappa shape index (κ2) is 5.58. The summed E-state index contributed by atoms with van der Waals surface area (Å²) in [5.74, 6) is 0.790. The summed E-state index contributed by atoms with van der Waals surface area (Å²) in [6.07, 6.45) is 1.09. The van der Waals surface area contributed by atoms with Crippen LogP contribution in [0.5, 0.6) is 0 Å². The number of aliphatic hydroxyl groups excluding tert-OH is 1. The van der Waals surface area contributed by atoms with Crippen LogP contribution in [0.2, 0.25) is 0 Å². The number of aliphatic hydroxyl groups is 1. The zero-order chi connectivity index (χ0) is 9.68. The van der Waals surface area contributed by atoms with E-state index in [2.05, 4.69) is 17.1 Å². The molecule has 1 aliphatic rings. The maximum atomic E-state index is 9.05. The maximum Gasteiger partial charge on any atom is 0.0636 e. The van der Waals surface area contributed by atoms with E-state index >= 15 is 0 Å². The second-order valence-electron chi connectivity index (χ2n) is 4.06. The first-order valence-corrected chi connectivity index (χ1v) is 5.33. The topological polar surface area (TPSA) is 35.5 Å². The highest BCUT2D eigenvalue weighted by molar-refractivity contribution is 4.76. The highest BCUT2D eigenvalue weighted by Crippen LogP contribution is 2.14. The van der Waals surface area contributed by atoms with Gasteiger partial charge in [0.2, 0.25) is 0 Å². The van der Waals surface area contributed by atoms with Crippen LogP contribution in [0.1, 0.15) is 20.3 Å². The molecule has 1 fully saturated rings. The zero-order valence-corrected chi connectivity index (χ0v) is 8.79. The highest BCUT2D eigenvalue weighted by atomic mass is 16.3. The molecule has 0 saturated carbocycles. The molecule has 2 atom stereocenters. The zero-order valence-electron chi connectivity index (χ0n) is 8.79. The summed E-state index contributed by atoms with van der Waals surface area (Å²) in [5.41, 5.74) is 0. The van der Waals surface area contributed by atoms with Crippen molar-refractivity contribution < 1.29 is 5.11 Å². The average molecular weight is 186 g/mol. The molecule has 0 aromatic carbocycles. The van der Waals surface area contributed by atoms with Crippen LogP contribution in [0.3, 0.4) is 0 Å². The minimum atomic E-state index is -0.219. The van der Waals surface area contributed by atoms with Crippen LogP contribution in [0.25, 0.3) is 0 Å². The first-order valence-electron chi connectivity index (χ1n) is 5.33. The van der Waals surface area contributed by atoms with Crippen LogP contribution in [0, 0.1) is 5.92 Å². The largest absolute Gasteiger partial charge is 0.392 e. The Morgan fingerprint density at radius 1 is 1.62 bits per heavy atom. The molecule has 0 aromatic heterocycles. The first-order chi connectivity index (χ1) is 6.22. The summed E-state index contributed by atoms with van der Waals surface area (Å²) in [7, 11) is 0. The monoisotopic (exact) mass is 186 g/mol. The van der Waals surface area contributed by atoms with Crippen molar-refractivity contribution in [3.63, 3.8) is 0 Å². The SMILES string of the molecule is CCN1CCC(CNC[C@H](C)O)C1. The van der Waals surface area contributed by atoms with Crippen molar-refractivity contribution in [2.45, 2.75) is 26.4 Å².